The maximum Gasteiger partial charge on any atom is 0.338 e. The van der Waals surface area contributed by atoms with Crippen molar-refractivity contribution < 1.29 is 13.9 Å². The molecule has 23 heavy (non-hydrogen) atoms. The van der Waals surface area contributed by atoms with E-state index in [-0.39, 0.29) is 18.0 Å². The van der Waals surface area contributed by atoms with Crippen molar-refractivity contribution in [1.82, 2.24) is 4.90 Å². The summed E-state index contributed by atoms with van der Waals surface area (Å²) in [5.41, 5.74) is 0.616. The first-order valence-corrected chi connectivity index (χ1v) is 8.17. The normalized spacial score (nSPS) is 25.2. The highest BCUT2D eigenvalue weighted by Gasteiger charge is 2.35. The zero-order valence-corrected chi connectivity index (χ0v) is 13.6. The third kappa shape index (κ3) is 3.64. The van der Waals surface area contributed by atoms with E-state index < -0.39 is 0 Å². The van der Waals surface area contributed by atoms with Gasteiger partial charge in [-0.2, -0.15) is 0 Å². The summed E-state index contributed by atoms with van der Waals surface area (Å²) in [5, 5.41) is 0. The minimum absolute atomic E-state index is 0.0365. The molecule has 0 saturated carbocycles. The first-order valence-electron chi connectivity index (χ1n) is 8.17. The molecule has 1 aromatic heterocycles. The molecule has 2 heterocycles. The summed E-state index contributed by atoms with van der Waals surface area (Å²) in [7, 11) is 0. The summed E-state index contributed by atoms with van der Waals surface area (Å²) in [6.45, 7) is 6.05. The van der Waals surface area contributed by atoms with Crippen LogP contribution in [-0.4, -0.2) is 29.6 Å². The Morgan fingerprint density at radius 1 is 1.22 bits per heavy atom. The molecule has 1 aromatic carbocycles. The third-order valence-electron chi connectivity index (χ3n) is 4.83. The molecule has 0 N–H and O–H groups in total. The van der Waals surface area contributed by atoms with E-state index in [1.54, 1.807) is 18.4 Å². The van der Waals surface area contributed by atoms with E-state index in [1.807, 2.05) is 30.3 Å². The highest BCUT2D eigenvalue weighted by Crippen LogP contribution is 2.28. The molecule has 1 aliphatic rings. The fraction of sp³-hybridized carbons (Fsp3) is 0.421. The quantitative estimate of drug-likeness (QED) is 0.807. The second-order valence-corrected chi connectivity index (χ2v) is 6.25. The fourth-order valence-electron chi connectivity index (χ4n) is 3.17. The summed E-state index contributed by atoms with van der Waals surface area (Å²) in [6, 6.07) is 13.4. The summed E-state index contributed by atoms with van der Waals surface area (Å²) >= 11 is 0. The van der Waals surface area contributed by atoms with E-state index in [9.17, 15) is 4.79 Å². The largest absolute Gasteiger partial charge is 0.468 e. The van der Waals surface area contributed by atoms with Crippen molar-refractivity contribution in [2.75, 3.05) is 6.54 Å². The van der Waals surface area contributed by atoms with Gasteiger partial charge < -0.3 is 9.15 Å². The molecular formula is C19H23NO3. The van der Waals surface area contributed by atoms with Gasteiger partial charge in [-0.1, -0.05) is 25.1 Å². The molecule has 0 radical (unpaired) electrons. The number of esters is 1. The molecular weight excluding hydrogens is 290 g/mol. The summed E-state index contributed by atoms with van der Waals surface area (Å²) < 4.78 is 11.2. The lowest BCUT2D eigenvalue weighted by Crippen LogP contribution is -2.49. The lowest BCUT2D eigenvalue weighted by Gasteiger charge is -2.41. The topological polar surface area (TPSA) is 42.7 Å². The number of hydrogen-bond donors (Lipinski definition) is 0. The van der Waals surface area contributed by atoms with Crippen molar-refractivity contribution in [2.45, 2.75) is 39.0 Å². The van der Waals surface area contributed by atoms with E-state index >= 15 is 0 Å². The standard InChI is InChI=1S/C19H23NO3/c1-14-15(2)20(13-17-9-6-12-22-17)11-10-18(14)23-19(21)16-7-4-3-5-8-16/h3-9,12,14-15,18H,10-11,13H2,1-2H3/t14-,15+,18+/m1/s1. The van der Waals surface area contributed by atoms with Crippen molar-refractivity contribution in [3.05, 3.63) is 60.1 Å². The van der Waals surface area contributed by atoms with Crippen LogP contribution in [0.1, 0.15) is 36.4 Å². The highest BCUT2D eigenvalue weighted by molar-refractivity contribution is 5.89. The van der Waals surface area contributed by atoms with Crippen LogP contribution in [0.3, 0.4) is 0 Å². The molecule has 2 aromatic rings. The van der Waals surface area contributed by atoms with Gasteiger partial charge in [0.15, 0.2) is 0 Å². The molecule has 3 atom stereocenters. The summed E-state index contributed by atoms with van der Waals surface area (Å²) in [4.78, 5) is 14.6. The van der Waals surface area contributed by atoms with Gasteiger partial charge in [0.05, 0.1) is 18.4 Å². The Labute approximate surface area is 137 Å². The van der Waals surface area contributed by atoms with Gasteiger partial charge in [-0.15, -0.1) is 0 Å². The van der Waals surface area contributed by atoms with E-state index in [1.165, 1.54) is 0 Å². The molecule has 1 fully saturated rings. The van der Waals surface area contributed by atoms with Crippen LogP contribution in [0.5, 0.6) is 0 Å². The zero-order valence-electron chi connectivity index (χ0n) is 13.6. The predicted molar refractivity (Wildman–Crippen MR) is 88.0 cm³/mol. The number of nitrogens with zero attached hydrogens (tertiary/aromatic N) is 1. The second kappa shape index (κ2) is 7.01. The number of carbonyl (C=O) groups excluding carboxylic acids is 1. The van der Waals surface area contributed by atoms with Crippen LogP contribution >= 0.6 is 0 Å². The third-order valence-corrected chi connectivity index (χ3v) is 4.83. The Morgan fingerprint density at radius 2 is 2.00 bits per heavy atom. The van der Waals surface area contributed by atoms with E-state index in [0.29, 0.717) is 11.6 Å². The predicted octanol–water partition coefficient (Wildman–Crippen LogP) is 3.74. The average molecular weight is 313 g/mol. The fourth-order valence-corrected chi connectivity index (χ4v) is 3.17. The Bertz CT molecular complexity index is 623. The van der Waals surface area contributed by atoms with Crippen molar-refractivity contribution >= 4 is 5.97 Å². The van der Waals surface area contributed by atoms with E-state index in [2.05, 4.69) is 18.7 Å². The highest BCUT2D eigenvalue weighted by atomic mass is 16.5. The Balaban J connectivity index is 1.60. The van der Waals surface area contributed by atoms with Gasteiger partial charge >= 0.3 is 5.97 Å². The van der Waals surface area contributed by atoms with Crippen LogP contribution in [0, 0.1) is 5.92 Å². The number of benzene rings is 1. The molecule has 4 heteroatoms. The van der Waals surface area contributed by atoms with Gasteiger partial charge in [-0.05, 0) is 37.6 Å². The molecule has 0 unspecified atom stereocenters. The van der Waals surface area contributed by atoms with E-state index in [0.717, 1.165) is 25.3 Å². The number of furan rings is 1. The minimum atomic E-state index is -0.228. The number of carbonyl (C=O) groups is 1. The van der Waals surface area contributed by atoms with Crippen LogP contribution in [0.4, 0.5) is 0 Å². The molecule has 122 valence electrons. The van der Waals surface area contributed by atoms with Gasteiger partial charge in [0.1, 0.15) is 11.9 Å². The maximum atomic E-state index is 12.3. The SMILES string of the molecule is C[C@H]1[C@@H](OC(=O)c2ccccc2)CCN(Cc2ccco2)[C@H]1C. The second-order valence-electron chi connectivity index (χ2n) is 6.25. The van der Waals surface area contributed by atoms with Crippen molar-refractivity contribution in [3.8, 4) is 0 Å². The van der Waals surface area contributed by atoms with Crippen LogP contribution in [0.15, 0.2) is 53.1 Å². The number of piperidine rings is 1. The lowest BCUT2D eigenvalue weighted by atomic mass is 9.89. The molecule has 0 amide bonds. The molecule has 1 aliphatic heterocycles. The first kappa shape index (κ1) is 15.8. The Hall–Kier alpha value is -2.07. The molecule has 3 rings (SSSR count). The van der Waals surface area contributed by atoms with Crippen LogP contribution < -0.4 is 0 Å². The molecule has 0 bridgehead atoms. The van der Waals surface area contributed by atoms with Gasteiger partial charge in [0.2, 0.25) is 0 Å². The molecule has 0 spiro atoms. The number of hydrogen-bond acceptors (Lipinski definition) is 4. The molecule has 0 aliphatic carbocycles. The average Bonchev–Trinajstić information content (AvgIpc) is 3.08. The van der Waals surface area contributed by atoms with Crippen LogP contribution in [0.25, 0.3) is 0 Å². The number of likely N-dealkylation sites (tertiary alicyclic amines) is 1. The minimum Gasteiger partial charge on any atom is -0.468 e. The maximum absolute atomic E-state index is 12.3. The number of rotatable bonds is 4. The van der Waals surface area contributed by atoms with Crippen molar-refractivity contribution in [2.24, 2.45) is 5.92 Å². The first-order chi connectivity index (χ1) is 11.1. The van der Waals surface area contributed by atoms with Crippen LogP contribution in [0.2, 0.25) is 0 Å². The van der Waals surface area contributed by atoms with E-state index in [4.69, 9.17) is 9.15 Å². The van der Waals surface area contributed by atoms with Gasteiger partial charge in [0.25, 0.3) is 0 Å². The lowest BCUT2D eigenvalue weighted by molar-refractivity contribution is -0.0335. The van der Waals surface area contributed by atoms with Gasteiger partial charge in [-0.25, -0.2) is 4.79 Å². The monoisotopic (exact) mass is 313 g/mol. The summed E-state index contributed by atoms with van der Waals surface area (Å²) in [5.74, 6) is 1.03. The van der Waals surface area contributed by atoms with Gasteiger partial charge in [-0.3, -0.25) is 4.90 Å². The zero-order chi connectivity index (χ0) is 16.2. The Kier molecular flexibility index (Phi) is 4.82. The number of ether oxygens (including phenoxy) is 1. The summed E-state index contributed by atoms with van der Waals surface area (Å²) in [6.07, 6.45) is 2.52. The molecule has 1 saturated heterocycles. The van der Waals surface area contributed by atoms with Crippen molar-refractivity contribution in [1.29, 1.82) is 0 Å². The van der Waals surface area contributed by atoms with Crippen LogP contribution in [-0.2, 0) is 11.3 Å². The smallest absolute Gasteiger partial charge is 0.338 e. The Morgan fingerprint density at radius 3 is 2.70 bits per heavy atom. The molecule has 4 nitrogen and oxygen atoms in total. The van der Waals surface area contributed by atoms with Gasteiger partial charge in [0, 0.05) is 18.5 Å². The van der Waals surface area contributed by atoms with Crippen molar-refractivity contribution in [3.63, 3.8) is 0 Å².